The highest BCUT2D eigenvalue weighted by molar-refractivity contribution is 5.94. The molecule has 0 radical (unpaired) electrons. The van der Waals surface area contributed by atoms with Crippen molar-refractivity contribution >= 4 is 5.91 Å². The van der Waals surface area contributed by atoms with Crippen molar-refractivity contribution in [1.82, 2.24) is 5.32 Å². The zero-order valence-electron chi connectivity index (χ0n) is 18.7. The highest BCUT2D eigenvalue weighted by Crippen LogP contribution is 2.51. The maximum absolute atomic E-state index is 12.9. The van der Waals surface area contributed by atoms with Gasteiger partial charge in [-0.15, -0.1) is 0 Å². The highest BCUT2D eigenvalue weighted by atomic mass is 16.1. The molecule has 1 N–H and O–H groups in total. The average molecular weight is 420 g/mol. The topological polar surface area (TPSA) is 29.1 Å². The fourth-order valence-corrected chi connectivity index (χ4v) is 4.86. The van der Waals surface area contributed by atoms with Gasteiger partial charge in [0.1, 0.15) is 0 Å². The van der Waals surface area contributed by atoms with E-state index in [1.54, 1.807) is 0 Å². The Morgan fingerprint density at radius 2 is 0.938 bits per heavy atom. The average Bonchev–Trinajstić information content (AvgIpc) is 2.85. The van der Waals surface area contributed by atoms with Crippen LogP contribution in [0, 0.1) is 5.41 Å². The number of hydrogen-bond acceptors (Lipinski definition) is 1. The van der Waals surface area contributed by atoms with Crippen LogP contribution in [-0.4, -0.2) is 12.5 Å². The molecule has 4 aromatic rings. The van der Waals surface area contributed by atoms with Crippen molar-refractivity contribution in [1.29, 1.82) is 0 Å². The number of amides is 1. The summed E-state index contributed by atoms with van der Waals surface area (Å²) in [5.41, 5.74) is 3.49. The van der Waals surface area contributed by atoms with Crippen LogP contribution in [0.5, 0.6) is 0 Å². The van der Waals surface area contributed by atoms with E-state index in [1.165, 1.54) is 16.7 Å². The van der Waals surface area contributed by atoms with Crippen molar-refractivity contribution in [2.75, 3.05) is 6.54 Å². The maximum Gasteiger partial charge on any atom is 0.251 e. The lowest BCUT2D eigenvalue weighted by atomic mass is 9.55. The Bertz CT molecular complexity index is 1040. The molecular formula is C30H29NO. The molecule has 0 atom stereocenters. The molecule has 4 rings (SSSR count). The van der Waals surface area contributed by atoms with Gasteiger partial charge in [0, 0.05) is 12.1 Å². The summed E-state index contributed by atoms with van der Waals surface area (Å²) in [4.78, 5) is 12.9. The van der Waals surface area contributed by atoms with Gasteiger partial charge in [-0.25, -0.2) is 0 Å². The van der Waals surface area contributed by atoms with E-state index in [0.717, 1.165) is 0 Å². The zero-order chi connectivity index (χ0) is 22.4. The maximum atomic E-state index is 12.9. The van der Waals surface area contributed by atoms with Crippen LogP contribution in [0.3, 0.4) is 0 Å². The van der Waals surface area contributed by atoms with Crippen molar-refractivity contribution in [2.24, 2.45) is 5.41 Å². The van der Waals surface area contributed by atoms with Gasteiger partial charge in [0.2, 0.25) is 0 Å². The summed E-state index contributed by atoms with van der Waals surface area (Å²) in [6.07, 6.45) is 0. The van der Waals surface area contributed by atoms with Crippen LogP contribution in [0.15, 0.2) is 121 Å². The van der Waals surface area contributed by atoms with E-state index in [2.05, 4.69) is 110 Å². The van der Waals surface area contributed by atoms with E-state index in [0.29, 0.717) is 12.1 Å². The van der Waals surface area contributed by atoms with E-state index in [-0.39, 0.29) is 11.3 Å². The number of rotatable bonds is 7. The normalized spacial score (nSPS) is 11.7. The predicted octanol–water partition coefficient (Wildman–Crippen LogP) is 6.48. The molecular weight excluding hydrogens is 390 g/mol. The molecule has 32 heavy (non-hydrogen) atoms. The molecule has 0 saturated carbocycles. The summed E-state index contributed by atoms with van der Waals surface area (Å²) in [6.45, 7) is 5.00. The molecule has 0 saturated heterocycles. The molecule has 0 bridgehead atoms. The standard InChI is InChI=1S/C30H29NO/c1-29(2,23-31-28(32)24-15-7-3-8-16-24)30(25-17-9-4-10-18-25,26-19-11-5-12-20-26)27-21-13-6-14-22-27/h3-22H,23H2,1-2H3,(H,31,32). The van der Waals surface area contributed by atoms with E-state index in [9.17, 15) is 4.79 Å². The van der Waals surface area contributed by atoms with Gasteiger partial charge in [0.05, 0.1) is 5.41 Å². The molecule has 0 heterocycles. The Labute approximate surface area is 191 Å². The Kier molecular flexibility index (Phi) is 6.23. The van der Waals surface area contributed by atoms with Gasteiger partial charge < -0.3 is 5.32 Å². The quantitative estimate of drug-likeness (QED) is 0.341. The molecule has 0 aliphatic carbocycles. The van der Waals surface area contributed by atoms with E-state index < -0.39 is 5.41 Å². The monoisotopic (exact) mass is 419 g/mol. The van der Waals surface area contributed by atoms with Crippen molar-refractivity contribution < 1.29 is 4.79 Å². The van der Waals surface area contributed by atoms with E-state index >= 15 is 0 Å². The second-order valence-corrected chi connectivity index (χ2v) is 8.78. The van der Waals surface area contributed by atoms with E-state index in [4.69, 9.17) is 0 Å². The van der Waals surface area contributed by atoms with E-state index in [1.807, 2.05) is 30.3 Å². The van der Waals surface area contributed by atoms with Crippen molar-refractivity contribution in [2.45, 2.75) is 19.3 Å². The first-order chi connectivity index (χ1) is 15.6. The zero-order valence-corrected chi connectivity index (χ0v) is 18.7. The van der Waals surface area contributed by atoms with Crippen LogP contribution in [0.4, 0.5) is 0 Å². The van der Waals surface area contributed by atoms with Gasteiger partial charge in [0.25, 0.3) is 5.91 Å². The number of carbonyl (C=O) groups is 1. The van der Waals surface area contributed by atoms with Gasteiger partial charge in [-0.3, -0.25) is 4.79 Å². The molecule has 0 spiro atoms. The summed E-state index contributed by atoms with van der Waals surface area (Å²) in [6, 6.07) is 41.3. The van der Waals surface area contributed by atoms with Gasteiger partial charge in [0.15, 0.2) is 0 Å². The Hall–Kier alpha value is -3.65. The minimum absolute atomic E-state index is 0.0539. The van der Waals surface area contributed by atoms with Crippen LogP contribution in [0.2, 0.25) is 0 Å². The lowest BCUT2D eigenvalue weighted by Crippen LogP contribution is -2.50. The van der Waals surface area contributed by atoms with Gasteiger partial charge in [-0.1, -0.05) is 123 Å². The molecule has 0 aliphatic heterocycles. The van der Waals surface area contributed by atoms with Crippen molar-refractivity contribution in [3.8, 4) is 0 Å². The SMILES string of the molecule is CC(C)(CNC(=O)c1ccccc1)C(c1ccccc1)(c1ccccc1)c1ccccc1. The molecule has 0 fully saturated rings. The first-order valence-electron chi connectivity index (χ1n) is 11.1. The number of carbonyl (C=O) groups excluding carboxylic acids is 1. The fourth-order valence-electron chi connectivity index (χ4n) is 4.86. The summed E-state index contributed by atoms with van der Waals surface area (Å²) in [5.74, 6) is -0.0539. The molecule has 2 nitrogen and oxygen atoms in total. The number of hydrogen-bond donors (Lipinski definition) is 1. The predicted molar refractivity (Wildman–Crippen MR) is 132 cm³/mol. The number of benzene rings is 4. The lowest BCUT2D eigenvalue weighted by molar-refractivity contribution is 0.0923. The van der Waals surface area contributed by atoms with Gasteiger partial charge >= 0.3 is 0 Å². The third-order valence-corrected chi connectivity index (χ3v) is 6.36. The third-order valence-electron chi connectivity index (χ3n) is 6.36. The molecule has 0 unspecified atom stereocenters. The van der Waals surface area contributed by atoms with Gasteiger partial charge in [-0.05, 0) is 34.2 Å². The minimum Gasteiger partial charge on any atom is -0.351 e. The molecule has 0 aromatic heterocycles. The van der Waals surface area contributed by atoms with Crippen LogP contribution in [0.25, 0.3) is 0 Å². The first kappa shape index (κ1) is 21.6. The molecule has 1 amide bonds. The van der Waals surface area contributed by atoms with Crippen molar-refractivity contribution in [3.63, 3.8) is 0 Å². The number of nitrogens with one attached hydrogen (secondary N) is 1. The fraction of sp³-hybridized carbons (Fsp3) is 0.167. The lowest BCUT2D eigenvalue weighted by Gasteiger charge is -2.48. The van der Waals surface area contributed by atoms with Crippen LogP contribution in [-0.2, 0) is 5.41 Å². The van der Waals surface area contributed by atoms with Gasteiger partial charge in [-0.2, -0.15) is 0 Å². The van der Waals surface area contributed by atoms with Crippen LogP contribution in [0.1, 0.15) is 40.9 Å². The summed E-state index contributed by atoms with van der Waals surface area (Å²) in [5, 5.41) is 3.21. The second kappa shape index (κ2) is 9.23. The first-order valence-corrected chi connectivity index (χ1v) is 11.1. The largest absolute Gasteiger partial charge is 0.351 e. The molecule has 4 aromatic carbocycles. The minimum atomic E-state index is -0.458. The molecule has 0 aliphatic rings. The Morgan fingerprint density at radius 1 is 0.594 bits per heavy atom. The third kappa shape index (κ3) is 3.97. The van der Waals surface area contributed by atoms with Crippen molar-refractivity contribution in [3.05, 3.63) is 144 Å². The second-order valence-electron chi connectivity index (χ2n) is 8.78. The summed E-state index contributed by atoms with van der Waals surface area (Å²) < 4.78 is 0. The van der Waals surface area contributed by atoms with Crippen LogP contribution >= 0.6 is 0 Å². The highest BCUT2D eigenvalue weighted by Gasteiger charge is 2.49. The summed E-state index contributed by atoms with van der Waals surface area (Å²) in [7, 11) is 0. The Balaban J connectivity index is 1.85. The molecule has 2 heteroatoms. The summed E-state index contributed by atoms with van der Waals surface area (Å²) >= 11 is 0. The van der Waals surface area contributed by atoms with Crippen LogP contribution < -0.4 is 5.32 Å². The Morgan fingerprint density at radius 3 is 1.31 bits per heavy atom. The smallest absolute Gasteiger partial charge is 0.251 e. The molecule has 160 valence electrons.